The average molecular weight is 1120 g/mol. The monoisotopic (exact) mass is 1120 g/mol. The number of aliphatic carboxylic acids is 1. The van der Waals surface area contributed by atoms with Crippen LogP contribution in [-0.4, -0.2) is 82.3 Å². The molecule has 2 unspecified atom stereocenters. The molecule has 0 heterocycles. The molecule has 0 aromatic rings. The lowest BCUT2D eigenvalue weighted by Gasteiger charge is -2.26. The summed E-state index contributed by atoms with van der Waals surface area (Å²) in [6, 6.07) is 0. The number of carboxylic acids is 1. The van der Waals surface area contributed by atoms with E-state index in [1.165, 1.54) is 70.6 Å². The number of hydrogen-bond donors (Lipinski definition) is 0. The third-order valence-corrected chi connectivity index (χ3v) is 12.8. The van der Waals surface area contributed by atoms with E-state index in [0.29, 0.717) is 23.9 Å². The number of likely N-dealkylation sites (N-methyl/N-ethyl adjacent to an activating group) is 1. The fourth-order valence-electron chi connectivity index (χ4n) is 8.00. The molecule has 456 valence electrons. The van der Waals surface area contributed by atoms with Crippen molar-refractivity contribution < 1.29 is 42.9 Å². The maximum absolute atomic E-state index is 12.9. The van der Waals surface area contributed by atoms with Crippen molar-refractivity contribution in [1.29, 1.82) is 0 Å². The van der Waals surface area contributed by atoms with Crippen LogP contribution in [0.4, 0.5) is 0 Å². The van der Waals surface area contributed by atoms with Gasteiger partial charge in [-0.15, -0.1) is 0 Å². The molecule has 2 atom stereocenters. The number of carbonyl (C=O) groups is 3. The molecule has 0 aromatic carbocycles. The summed E-state index contributed by atoms with van der Waals surface area (Å²) in [5, 5.41) is 11.8. The highest BCUT2D eigenvalue weighted by Crippen LogP contribution is 2.15. The first-order valence-corrected chi connectivity index (χ1v) is 31.6. The van der Waals surface area contributed by atoms with Crippen LogP contribution in [0.15, 0.2) is 158 Å². The molecule has 81 heavy (non-hydrogen) atoms. The second-order valence-electron chi connectivity index (χ2n) is 21.6. The van der Waals surface area contributed by atoms with E-state index < -0.39 is 24.3 Å². The Kier molecular flexibility index (Phi) is 57.2. The summed E-state index contributed by atoms with van der Waals surface area (Å²) in [5.41, 5.74) is 0. The molecular weight excluding hydrogens is 1010 g/mol. The molecule has 0 aromatic heterocycles. The number of carboxylic acid groups (broad SMARTS) is 1. The molecule has 0 fully saturated rings. The van der Waals surface area contributed by atoms with E-state index >= 15 is 0 Å². The third kappa shape index (κ3) is 62.4. The Morgan fingerprint density at radius 2 is 0.679 bits per heavy atom. The molecule has 0 aliphatic heterocycles. The molecule has 0 aliphatic carbocycles. The molecule has 0 rings (SSSR count). The number of allylic oxidation sites excluding steroid dienone is 26. The van der Waals surface area contributed by atoms with E-state index in [-0.39, 0.29) is 38.6 Å². The highest BCUT2D eigenvalue weighted by atomic mass is 16.7. The van der Waals surface area contributed by atoms with E-state index in [4.69, 9.17) is 18.9 Å². The second kappa shape index (κ2) is 61.0. The summed E-state index contributed by atoms with van der Waals surface area (Å²) in [4.78, 5) is 37.4. The summed E-state index contributed by atoms with van der Waals surface area (Å²) >= 11 is 0. The van der Waals surface area contributed by atoms with E-state index in [9.17, 15) is 19.5 Å². The number of quaternary nitrogens is 1. The van der Waals surface area contributed by atoms with Gasteiger partial charge in [0.1, 0.15) is 13.2 Å². The predicted molar refractivity (Wildman–Crippen MR) is 342 cm³/mol. The van der Waals surface area contributed by atoms with E-state index in [1.54, 1.807) is 0 Å². The lowest BCUT2D eigenvalue weighted by molar-refractivity contribution is -0.870. The van der Waals surface area contributed by atoms with Gasteiger partial charge >= 0.3 is 11.9 Å². The van der Waals surface area contributed by atoms with Crippen LogP contribution in [0, 0.1) is 0 Å². The highest BCUT2D eigenvalue weighted by molar-refractivity contribution is 5.70. The van der Waals surface area contributed by atoms with Crippen molar-refractivity contribution in [2.24, 2.45) is 0 Å². The Morgan fingerprint density at radius 1 is 0.370 bits per heavy atom. The molecule has 0 amide bonds. The Labute approximate surface area is 495 Å². The molecule has 0 saturated carbocycles. The van der Waals surface area contributed by atoms with Crippen LogP contribution < -0.4 is 5.11 Å². The van der Waals surface area contributed by atoms with Crippen molar-refractivity contribution in [3.05, 3.63) is 158 Å². The van der Waals surface area contributed by atoms with Crippen LogP contribution in [0.1, 0.15) is 219 Å². The molecule has 9 heteroatoms. The van der Waals surface area contributed by atoms with Crippen molar-refractivity contribution in [2.75, 3.05) is 47.5 Å². The zero-order valence-corrected chi connectivity index (χ0v) is 51.8. The number of ether oxygens (including phenoxy) is 4. The van der Waals surface area contributed by atoms with Gasteiger partial charge in [0.25, 0.3) is 0 Å². The maximum Gasteiger partial charge on any atom is 0.306 e. The lowest BCUT2D eigenvalue weighted by Crippen LogP contribution is -2.44. The van der Waals surface area contributed by atoms with Gasteiger partial charge in [-0.1, -0.05) is 249 Å². The number of rotatable bonds is 56. The number of esters is 2. The molecule has 0 spiro atoms. The van der Waals surface area contributed by atoms with Gasteiger partial charge in [0, 0.05) is 12.8 Å². The van der Waals surface area contributed by atoms with Crippen LogP contribution in [0.25, 0.3) is 0 Å². The number of unbranched alkanes of at least 4 members (excludes halogenated alkanes) is 15. The Balaban J connectivity index is 4.26. The molecular formula is C72H115NO8. The first-order chi connectivity index (χ1) is 39.6. The summed E-state index contributed by atoms with van der Waals surface area (Å²) < 4.78 is 22.7. The summed E-state index contributed by atoms with van der Waals surface area (Å²) in [5.74, 6) is -2.38. The first kappa shape index (κ1) is 75.9. The largest absolute Gasteiger partial charge is 0.545 e. The highest BCUT2D eigenvalue weighted by Gasteiger charge is 2.22. The second-order valence-corrected chi connectivity index (χ2v) is 21.6. The molecule has 0 aliphatic rings. The normalized spacial score (nSPS) is 13.8. The Hall–Kier alpha value is -5.09. The van der Waals surface area contributed by atoms with Crippen LogP contribution in [0.5, 0.6) is 0 Å². The summed E-state index contributed by atoms with van der Waals surface area (Å²) in [7, 11) is 5.89. The molecule has 0 saturated heterocycles. The first-order valence-electron chi connectivity index (χ1n) is 31.6. The summed E-state index contributed by atoms with van der Waals surface area (Å²) in [6.45, 7) is 4.43. The van der Waals surface area contributed by atoms with E-state index in [2.05, 4.69) is 172 Å². The minimum absolute atomic E-state index is 0.128. The fraction of sp³-hybridized carbons (Fsp3) is 0.597. The van der Waals surface area contributed by atoms with Crippen LogP contribution in [0.2, 0.25) is 0 Å². The van der Waals surface area contributed by atoms with Crippen molar-refractivity contribution in [1.82, 2.24) is 0 Å². The summed E-state index contributed by atoms with van der Waals surface area (Å²) in [6.07, 6.45) is 87.4. The SMILES string of the molecule is CC/C=C\C/C=C\C/C=C\C/C=C\C/C=C\C/C=C\C/C=C\CCCC(=O)OC(COC(=O)CCCCCCCCCCCCCCCC/C=C\C/C=C\C/C=C\C/C=C\C/C=C\C/C=C\CC)COC(OCC[N+](C)(C)C)C(=O)[O-]. The number of carbonyl (C=O) groups excluding carboxylic acids is 3. The van der Waals surface area contributed by atoms with Crippen LogP contribution in [-0.2, 0) is 33.3 Å². The van der Waals surface area contributed by atoms with Gasteiger partial charge in [0.05, 0.1) is 40.3 Å². The van der Waals surface area contributed by atoms with Gasteiger partial charge < -0.3 is 33.3 Å². The fourth-order valence-corrected chi connectivity index (χ4v) is 8.00. The van der Waals surface area contributed by atoms with Crippen LogP contribution >= 0.6 is 0 Å². The average Bonchev–Trinajstić information content (AvgIpc) is 3.44. The molecule has 0 N–H and O–H groups in total. The standard InChI is InChI=1S/C72H115NO8/c1-6-8-10-12-14-16-18-20-22-24-26-28-30-31-32-33-34-35-36-37-38-39-41-42-44-46-48-50-52-54-56-58-60-62-69(74)79-66-68(67-80-72(71(76)77)78-65-64-73(3,4)5)81-70(75)63-61-59-57-55-53-51-49-47-45-43-40-29-27-25-23-21-19-17-15-13-11-9-7-2/h8-11,14-17,20-23,26-29,31-32,34-35,43,45,49,51,55,57,68,72H,6-7,12-13,18-19,24-25,30,33,36-42,44,46-48,50,52-54,56,58-67H2,1-5H3/b10-8-,11-9-,16-14-,17-15-,22-20-,23-21-,28-26-,29-27-,32-31-,35-34-,45-43-,51-49-,57-55-. The minimum atomic E-state index is -1.65. The van der Waals surface area contributed by atoms with Gasteiger partial charge in [-0.2, -0.15) is 0 Å². The molecule has 9 nitrogen and oxygen atoms in total. The third-order valence-electron chi connectivity index (χ3n) is 12.8. The van der Waals surface area contributed by atoms with Crippen LogP contribution in [0.3, 0.4) is 0 Å². The topological polar surface area (TPSA) is 111 Å². The quantitative estimate of drug-likeness (QED) is 0.0195. The predicted octanol–water partition coefficient (Wildman–Crippen LogP) is 18.0. The van der Waals surface area contributed by atoms with E-state index in [0.717, 1.165) is 109 Å². The van der Waals surface area contributed by atoms with E-state index in [1.807, 2.05) is 21.1 Å². The maximum atomic E-state index is 12.9. The smallest absolute Gasteiger partial charge is 0.306 e. The van der Waals surface area contributed by atoms with Gasteiger partial charge in [0.2, 0.25) is 0 Å². The Bertz CT molecular complexity index is 1880. The zero-order valence-electron chi connectivity index (χ0n) is 51.8. The lowest BCUT2D eigenvalue weighted by atomic mass is 10.0. The van der Waals surface area contributed by atoms with Crippen molar-refractivity contribution in [2.45, 2.75) is 232 Å². The molecule has 0 bridgehead atoms. The number of hydrogen-bond acceptors (Lipinski definition) is 8. The van der Waals surface area contributed by atoms with Crippen molar-refractivity contribution >= 4 is 17.9 Å². The number of nitrogens with zero attached hydrogens (tertiary/aromatic N) is 1. The van der Waals surface area contributed by atoms with Crippen molar-refractivity contribution in [3.8, 4) is 0 Å². The van der Waals surface area contributed by atoms with Gasteiger partial charge in [-0.25, -0.2) is 0 Å². The van der Waals surface area contributed by atoms with Gasteiger partial charge in [-0.05, 0) is 116 Å². The van der Waals surface area contributed by atoms with Crippen molar-refractivity contribution in [3.63, 3.8) is 0 Å². The Morgan fingerprint density at radius 3 is 1.02 bits per heavy atom. The van der Waals surface area contributed by atoms with Gasteiger partial charge in [0.15, 0.2) is 12.4 Å². The zero-order chi connectivity index (χ0) is 59.1. The molecule has 0 radical (unpaired) electrons. The van der Waals surface area contributed by atoms with Gasteiger partial charge in [-0.3, -0.25) is 9.59 Å². The minimum Gasteiger partial charge on any atom is -0.545 e.